The Morgan fingerprint density at radius 3 is 2.26 bits per heavy atom. The summed E-state index contributed by atoms with van der Waals surface area (Å²) in [5.74, 6) is -1.42. The molecule has 0 bridgehead atoms. The number of amides is 1. The third-order valence-corrected chi connectivity index (χ3v) is 7.20. The van der Waals surface area contributed by atoms with Gasteiger partial charge in [0.05, 0.1) is 11.5 Å². The van der Waals surface area contributed by atoms with Gasteiger partial charge < -0.3 is 15.2 Å². The number of aryl methyl sites for hydroxylation is 1. The Morgan fingerprint density at radius 2 is 1.71 bits per heavy atom. The van der Waals surface area contributed by atoms with Crippen LogP contribution in [-0.4, -0.2) is 34.0 Å². The Labute approximate surface area is 183 Å². The molecule has 1 fully saturated rings. The summed E-state index contributed by atoms with van der Waals surface area (Å²) in [5, 5.41) is 21.8. The number of nitrogens with zero attached hydrogens (tertiary/aromatic N) is 2. The minimum Gasteiger partial charge on any atom is -0.481 e. The van der Waals surface area contributed by atoms with Crippen molar-refractivity contribution in [1.29, 1.82) is 0 Å². The molecule has 0 atom stereocenters. The van der Waals surface area contributed by atoms with Crippen LogP contribution in [0.4, 0.5) is 4.79 Å². The fourth-order valence-corrected chi connectivity index (χ4v) is 5.46. The molecule has 7 nitrogen and oxygen atoms in total. The van der Waals surface area contributed by atoms with Crippen LogP contribution in [0.3, 0.4) is 0 Å². The predicted octanol–water partition coefficient (Wildman–Crippen LogP) is 4.08. The summed E-state index contributed by atoms with van der Waals surface area (Å²) < 4.78 is 5.65. The normalized spacial score (nSPS) is 21.6. The monoisotopic (exact) mass is 435 g/mol. The van der Waals surface area contributed by atoms with Crippen LogP contribution in [0.25, 0.3) is 11.1 Å². The average molecular weight is 436 g/mol. The number of benzene rings is 2. The first kappa shape index (κ1) is 19.7. The van der Waals surface area contributed by atoms with E-state index in [1.807, 2.05) is 31.2 Å². The molecule has 1 amide bonds. The van der Waals surface area contributed by atoms with E-state index in [1.54, 1.807) is 0 Å². The van der Waals surface area contributed by atoms with E-state index >= 15 is 0 Å². The van der Waals surface area contributed by atoms with Crippen LogP contribution in [0.1, 0.15) is 39.9 Å². The van der Waals surface area contributed by atoms with Gasteiger partial charge in [-0.25, -0.2) is 4.79 Å². The van der Waals surface area contributed by atoms with Gasteiger partial charge in [0.2, 0.25) is 0 Å². The quantitative estimate of drug-likeness (QED) is 0.626. The smallest absolute Gasteiger partial charge is 0.407 e. The Hall–Kier alpha value is -3.26. The molecular formula is C23H21N3O4S. The molecule has 2 aliphatic carbocycles. The van der Waals surface area contributed by atoms with Gasteiger partial charge in [-0.1, -0.05) is 59.9 Å². The summed E-state index contributed by atoms with van der Waals surface area (Å²) in [6.07, 6.45) is -0.0129. The molecule has 1 aromatic heterocycles. The first-order valence-electron chi connectivity index (χ1n) is 10.1. The molecule has 0 radical (unpaired) electrons. The van der Waals surface area contributed by atoms with Crippen molar-refractivity contribution in [2.45, 2.75) is 31.2 Å². The van der Waals surface area contributed by atoms with E-state index in [2.05, 4.69) is 39.8 Å². The van der Waals surface area contributed by atoms with Gasteiger partial charge in [-0.05, 0) is 42.0 Å². The van der Waals surface area contributed by atoms with E-state index in [9.17, 15) is 14.7 Å². The second-order valence-electron chi connectivity index (χ2n) is 8.10. The molecular weight excluding hydrogens is 414 g/mol. The van der Waals surface area contributed by atoms with E-state index in [-0.39, 0.29) is 25.4 Å². The molecule has 0 aliphatic heterocycles. The van der Waals surface area contributed by atoms with E-state index in [0.717, 1.165) is 27.3 Å². The van der Waals surface area contributed by atoms with Crippen molar-refractivity contribution in [3.05, 3.63) is 69.7 Å². The maximum absolute atomic E-state index is 12.8. The molecule has 1 saturated carbocycles. The van der Waals surface area contributed by atoms with Crippen LogP contribution in [0.15, 0.2) is 48.5 Å². The number of nitrogens with one attached hydrogen (secondary N) is 1. The number of carboxylic acids is 1. The summed E-state index contributed by atoms with van der Waals surface area (Å²) >= 11 is 1.37. The highest BCUT2D eigenvalue weighted by atomic mass is 32.1. The number of alkyl carbamates (subject to hydrolysis) is 1. The predicted molar refractivity (Wildman–Crippen MR) is 115 cm³/mol. The molecule has 0 spiro atoms. The number of hydrogen-bond acceptors (Lipinski definition) is 6. The molecule has 2 N–H and O–H groups in total. The van der Waals surface area contributed by atoms with E-state index in [4.69, 9.17) is 4.74 Å². The number of carbonyl (C=O) groups is 2. The van der Waals surface area contributed by atoms with Crippen molar-refractivity contribution in [2.75, 3.05) is 6.61 Å². The van der Waals surface area contributed by atoms with Crippen molar-refractivity contribution in [2.24, 2.45) is 5.92 Å². The fraction of sp³-hybridized carbons (Fsp3) is 0.304. The fourth-order valence-electron chi connectivity index (χ4n) is 4.61. The van der Waals surface area contributed by atoms with Gasteiger partial charge in [0.1, 0.15) is 16.6 Å². The second kappa shape index (κ2) is 7.46. The van der Waals surface area contributed by atoms with Crippen molar-refractivity contribution >= 4 is 23.4 Å². The van der Waals surface area contributed by atoms with E-state index in [0.29, 0.717) is 5.01 Å². The Morgan fingerprint density at radius 1 is 1.10 bits per heavy atom. The summed E-state index contributed by atoms with van der Waals surface area (Å²) in [7, 11) is 0. The lowest BCUT2D eigenvalue weighted by atomic mass is 9.68. The standard InChI is InChI=1S/C23H21N3O4S/c1-13-25-26-21(31-13)23(10-14(11-23)20(27)28)24-22(29)30-12-19-17-8-4-2-6-15(17)16-7-3-5-9-18(16)19/h2-9,14,19H,10-12H2,1H3,(H,24,29)(H,27,28). The van der Waals surface area contributed by atoms with Crippen LogP contribution in [0.5, 0.6) is 0 Å². The Kier molecular flexibility index (Phi) is 4.74. The molecule has 1 heterocycles. The van der Waals surface area contributed by atoms with Crippen LogP contribution < -0.4 is 5.32 Å². The van der Waals surface area contributed by atoms with Crippen LogP contribution in [0, 0.1) is 12.8 Å². The highest BCUT2D eigenvalue weighted by Gasteiger charge is 2.52. The Bertz CT molecular complexity index is 1120. The lowest BCUT2D eigenvalue weighted by Crippen LogP contribution is -2.56. The summed E-state index contributed by atoms with van der Waals surface area (Å²) in [4.78, 5) is 24.1. The first-order valence-corrected chi connectivity index (χ1v) is 10.9. The summed E-state index contributed by atoms with van der Waals surface area (Å²) in [6.45, 7) is 2.03. The van der Waals surface area contributed by atoms with Crippen LogP contribution in [0.2, 0.25) is 0 Å². The van der Waals surface area contributed by atoms with Crippen molar-refractivity contribution in [3.8, 4) is 11.1 Å². The van der Waals surface area contributed by atoms with Crippen molar-refractivity contribution < 1.29 is 19.4 Å². The number of carboxylic acid groups (broad SMARTS) is 1. The molecule has 31 heavy (non-hydrogen) atoms. The van der Waals surface area contributed by atoms with Gasteiger partial charge in [0.25, 0.3) is 0 Å². The zero-order valence-electron chi connectivity index (χ0n) is 16.9. The van der Waals surface area contributed by atoms with Gasteiger partial charge in [0, 0.05) is 5.92 Å². The first-order chi connectivity index (χ1) is 15.0. The molecule has 5 rings (SSSR count). The second-order valence-corrected chi connectivity index (χ2v) is 9.28. The maximum Gasteiger partial charge on any atom is 0.407 e. The number of aromatic nitrogens is 2. The minimum absolute atomic E-state index is 0.0361. The number of ether oxygens (including phenoxy) is 1. The molecule has 2 aromatic carbocycles. The highest BCUT2D eigenvalue weighted by molar-refractivity contribution is 7.11. The largest absolute Gasteiger partial charge is 0.481 e. The van der Waals surface area contributed by atoms with Crippen molar-refractivity contribution in [3.63, 3.8) is 0 Å². The molecule has 3 aromatic rings. The molecule has 0 unspecified atom stereocenters. The van der Waals surface area contributed by atoms with Gasteiger partial charge in [-0.15, -0.1) is 10.2 Å². The molecule has 158 valence electrons. The molecule has 8 heteroatoms. The SMILES string of the molecule is Cc1nnc(C2(NC(=O)OCC3c4ccccc4-c4ccccc43)CC(C(=O)O)C2)s1. The van der Waals surface area contributed by atoms with Gasteiger partial charge >= 0.3 is 12.1 Å². The van der Waals surface area contributed by atoms with Crippen LogP contribution >= 0.6 is 11.3 Å². The summed E-state index contributed by atoms with van der Waals surface area (Å²) in [5.41, 5.74) is 3.77. The third-order valence-electron chi connectivity index (χ3n) is 6.16. The number of rotatable bonds is 5. The summed E-state index contributed by atoms with van der Waals surface area (Å²) in [6, 6.07) is 16.3. The van der Waals surface area contributed by atoms with Gasteiger partial charge in [-0.2, -0.15) is 0 Å². The van der Waals surface area contributed by atoms with E-state index < -0.39 is 23.5 Å². The Balaban J connectivity index is 1.32. The van der Waals surface area contributed by atoms with E-state index in [1.165, 1.54) is 11.3 Å². The average Bonchev–Trinajstić information content (AvgIpc) is 3.30. The highest BCUT2D eigenvalue weighted by Crippen LogP contribution is 2.47. The number of hydrogen-bond donors (Lipinski definition) is 2. The zero-order valence-corrected chi connectivity index (χ0v) is 17.7. The number of aliphatic carboxylic acids is 1. The molecule has 0 saturated heterocycles. The zero-order chi connectivity index (χ0) is 21.6. The van der Waals surface area contributed by atoms with Gasteiger partial charge in [-0.3, -0.25) is 4.79 Å². The van der Waals surface area contributed by atoms with Crippen molar-refractivity contribution in [1.82, 2.24) is 15.5 Å². The third kappa shape index (κ3) is 3.37. The lowest BCUT2D eigenvalue weighted by Gasteiger charge is -2.44. The molecule has 2 aliphatic rings. The van der Waals surface area contributed by atoms with Gasteiger partial charge in [0.15, 0.2) is 0 Å². The number of fused-ring (bicyclic) bond motifs is 3. The van der Waals surface area contributed by atoms with Crippen LogP contribution in [-0.2, 0) is 15.1 Å². The topological polar surface area (TPSA) is 101 Å². The lowest BCUT2D eigenvalue weighted by molar-refractivity contribution is -0.148. The maximum atomic E-state index is 12.8. The number of carbonyl (C=O) groups excluding carboxylic acids is 1. The minimum atomic E-state index is -0.869.